The summed E-state index contributed by atoms with van der Waals surface area (Å²) in [4.78, 5) is 18.2. The highest BCUT2D eigenvalue weighted by molar-refractivity contribution is 5.63. The molecule has 0 aliphatic carbocycles. The highest BCUT2D eigenvalue weighted by Crippen LogP contribution is 2.25. The van der Waals surface area contributed by atoms with Gasteiger partial charge in [-0.15, -0.1) is 0 Å². The van der Waals surface area contributed by atoms with E-state index in [1.807, 2.05) is 0 Å². The van der Waals surface area contributed by atoms with Crippen LogP contribution in [0.5, 0.6) is 0 Å². The van der Waals surface area contributed by atoms with Crippen LogP contribution in [0.4, 0.5) is 8.78 Å². The number of aromatic nitrogens is 2. The topological polar surface area (TPSA) is 45.8 Å². The van der Waals surface area contributed by atoms with Gasteiger partial charge in [-0.05, 0) is 32.4 Å². The minimum Gasteiger partial charge on any atom is -0.311 e. The Morgan fingerprint density at radius 1 is 1.11 bits per heavy atom. The van der Waals surface area contributed by atoms with Crippen LogP contribution >= 0.6 is 0 Å². The average Bonchev–Trinajstić information content (AvgIpc) is 2.31. The molecule has 1 aromatic heterocycles. The maximum absolute atomic E-state index is 13.9. The summed E-state index contributed by atoms with van der Waals surface area (Å²) in [5, 5.41) is 0. The molecule has 0 radical (unpaired) electrons. The first kappa shape index (κ1) is 12.4. The molecular formula is C13H12F2N2O. The molecule has 0 bridgehead atoms. The average molecular weight is 250 g/mol. The van der Waals surface area contributed by atoms with Crippen molar-refractivity contribution in [3.63, 3.8) is 0 Å². The lowest BCUT2D eigenvalue weighted by Gasteiger charge is -2.08. The Morgan fingerprint density at radius 3 is 2.44 bits per heavy atom. The number of halogens is 2. The lowest BCUT2D eigenvalue weighted by atomic mass is 10.0. The van der Waals surface area contributed by atoms with E-state index in [0.29, 0.717) is 5.82 Å². The number of aryl methyl sites for hydroxylation is 2. The maximum Gasteiger partial charge on any atom is 0.254 e. The number of H-pyrrole nitrogens is 1. The van der Waals surface area contributed by atoms with Crippen LogP contribution in [0, 0.1) is 32.4 Å². The van der Waals surface area contributed by atoms with Crippen LogP contribution < -0.4 is 5.56 Å². The van der Waals surface area contributed by atoms with E-state index in [0.717, 1.165) is 0 Å². The van der Waals surface area contributed by atoms with Gasteiger partial charge in [-0.3, -0.25) is 4.79 Å². The quantitative estimate of drug-likeness (QED) is 0.845. The summed E-state index contributed by atoms with van der Waals surface area (Å²) < 4.78 is 27.4. The predicted octanol–water partition coefficient (Wildman–Crippen LogP) is 2.64. The van der Waals surface area contributed by atoms with Gasteiger partial charge in [0.25, 0.3) is 5.56 Å². The number of rotatable bonds is 1. The fraction of sp³-hybridized carbons (Fsp3) is 0.231. The monoisotopic (exact) mass is 250 g/mol. The van der Waals surface area contributed by atoms with E-state index in [4.69, 9.17) is 0 Å². The van der Waals surface area contributed by atoms with Crippen molar-refractivity contribution in [1.29, 1.82) is 0 Å². The van der Waals surface area contributed by atoms with Crippen molar-refractivity contribution in [1.82, 2.24) is 9.97 Å². The largest absolute Gasteiger partial charge is 0.311 e. The SMILES string of the molecule is Cc1nc(-c2ccc(C)c(F)c2F)c(C)c(=O)[nH]1. The van der Waals surface area contributed by atoms with Gasteiger partial charge in [0, 0.05) is 11.1 Å². The fourth-order valence-electron chi connectivity index (χ4n) is 1.74. The molecule has 0 saturated heterocycles. The van der Waals surface area contributed by atoms with Gasteiger partial charge >= 0.3 is 0 Å². The molecule has 0 aliphatic heterocycles. The van der Waals surface area contributed by atoms with Gasteiger partial charge in [-0.1, -0.05) is 6.07 Å². The molecule has 1 aromatic carbocycles. The number of nitrogens with one attached hydrogen (secondary N) is 1. The lowest BCUT2D eigenvalue weighted by molar-refractivity contribution is 0.505. The second-order valence-electron chi connectivity index (χ2n) is 4.18. The predicted molar refractivity (Wildman–Crippen MR) is 64.4 cm³/mol. The number of aromatic amines is 1. The van der Waals surface area contributed by atoms with E-state index in [1.54, 1.807) is 6.92 Å². The normalized spacial score (nSPS) is 10.7. The molecule has 1 heterocycles. The summed E-state index contributed by atoms with van der Waals surface area (Å²) in [7, 11) is 0. The second kappa shape index (κ2) is 4.33. The molecule has 0 amide bonds. The molecule has 3 nitrogen and oxygen atoms in total. The van der Waals surface area contributed by atoms with Crippen molar-refractivity contribution in [3.05, 3.63) is 51.1 Å². The first-order valence-corrected chi connectivity index (χ1v) is 5.44. The molecule has 0 unspecified atom stereocenters. The van der Waals surface area contributed by atoms with Crippen molar-refractivity contribution in [3.8, 4) is 11.3 Å². The summed E-state index contributed by atoms with van der Waals surface area (Å²) in [6.07, 6.45) is 0. The minimum atomic E-state index is -0.976. The molecule has 94 valence electrons. The molecular weight excluding hydrogens is 238 g/mol. The van der Waals surface area contributed by atoms with Gasteiger partial charge in [-0.25, -0.2) is 13.8 Å². The highest BCUT2D eigenvalue weighted by atomic mass is 19.2. The summed E-state index contributed by atoms with van der Waals surface area (Å²) >= 11 is 0. The van der Waals surface area contributed by atoms with Crippen molar-refractivity contribution in [2.75, 3.05) is 0 Å². The minimum absolute atomic E-state index is 0.00444. The lowest BCUT2D eigenvalue weighted by Crippen LogP contribution is -2.15. The molecule has 0 fully saturated rings. The zero-order valence-corrected chi connectivity index (χ0v) is 10.3. The van der Waals surface area contributed by atoms with Crippen molar-refractivity contribution in [2.24, 2.45) is 0 Å². The summed E-state index contributed by atoms with van der Waals surface area (Å²) in [6, 6.07) is 2.90. The Morgan fingerprint density at radius 2 is 1.78 bits per heavy atom. The molecule has 0 spiro atoms. The molecule has 0 atom stereocenters. The zero-order chi connectivity index (χ0) is 13.4. The molecule has 1 N–H and O–H groups in total. The van der Waals surface area contributed by atoms with E-state index in [9.17, 15) is 13.6 Å². The van der Waals surface area contributed by atoms with Gasteiger partial charge in [0.1, 0.15) is 5.82 Å². The summed E-state index contributed by atoms with van der Waals surface area (Å²) in [6.45, 7) is 4.59. The van der Waals surface area contributed by atoms with Crippen LogP contribution in [0.25, 0.3) is 11.3 Å². The van der Waals surface area contributed by atoms with E-state index in [1.165, 1.54) is 26.0 Å². The summed E-state index contributed by atoms with van der Waals surface area (Å²) in [5.74, 6) is -1.52. The molecule has 2 aromatic rings. The first-order valence-electron chi connectivity index (χ1n) is 5.44. The summed E-state index contributed by atoms with van der Waals surface area (Å²) in [5.41, 5.74) is 0.313. The molecule has 0 aliphatic rings. The van der Waals surface area contributed by atoms with E-state index >= 15 is 0 Å². The van der Waals surface area contributed by atoms with Crippen LogP contribution in [0.2, 0.25) is 0 Å². The van der Waals surface area contributed by atoms with E-state index in [2.05, 4.69) is 9.97 Å². The van der Waals surface area contributed by atoms with Gasteiger partial charge in [0.2, 0.25) is 0 Å². The van der Waals surface area contributed by atoms with E-state index in [-0.39, 0.29) is 27.9 Å². The highest BCUT2D eigenvalue weighted by Gasteiger charge is 2.16. The third kappa shape index (κ3) is 1.92. The maximum atomic E-state index is 13.9. The first-order chi connectivity index (χ1) is 8.41. The zero-order valence-electron chi connectivity index (χ0n) is 10.3. The molecule has 5 heteroatoms. The smallest absolute Gasteiger partial charge is 0.254 e. The third-order valence-corrected chi connectivity index (χ3v) is 2.80. The van der Waals surface area contributed by atoms with Crippen LogP contribution in [0.15, 0.2) is 16.9 Å². The van der Waals surface area contributed by atoms with Gasteiger partial charge in [0.15, 0.2) is 11.6 Å². The van der Waals surface area contributed by atoms with Crippen LogP contribution in [0.1, 0.15) is 17.0 Å². The van der Waals surface area contributed by atoms with E-state index < -0.39 is 11.6 Å². The second-order valence-corrected chi connectivity index (χ2v) is 4.18. The van der Waals surface area contributed by atoms with Gasteiger partial charge < -0.3 is 4.98 Å². The van der Waals surface area contributed by atoms with Gasteiger partial charge in [0.05, 0.1) is 5.69 Å². The van der Waals surface area contributed by atoms with Crippen molar-refractivity contribution in [2.45, 2.75) is 20.8 Å². The van der Waals surface area contributed by atoms with Crippen LogP contribution in [0.3, 0.4) is 0 Å². The van der Waals surface area contributed by atoms with Crippen molar-refractivity contribution >= 4 is 0 Å². The fourth-order valence-corrected chi connectivity index (χ4v) is 1.74. The number of hydrogen-bond donors (Lipinski definition) is 1. The molecule has 0 saturated carbocycles. The Balaban J connectivity index is 2.78. The standard InChI is InChI=1S/C13H12F2N2O/c1-6-4-5-9(11(15)10(6)14)12-7(2)13(18)17-8(3)16-12/h4-5H,1-3H3,(H,16,17,18). The Bertz CT molecular complexity index is 677. The Labute approximate surface area is 103 Å². The number of nitrogens with zero attached hydrogens (tertiary/aromatic N) is 1. The Hall–Kier alpha value is -2.04. The molecule has 2 rings (SSSR count). The number of hydrogen-bond acceptors (Lipinski definition) is 2. The third-order valence-electron chi connectivity index (χ3n) is 2.80. The number of benzene rings is 1. The van der Waals surface area contributed by atoms with Crippen LogP contribution in [-0.2, 0) is 0 Å². The van der Waals surface area contributed by atoms with Gasteiger partial charge in [-0.2, -0.15) is 0 Å². The Kier molecular flexibility index (Phi) is 2.98. The van der Waals surface area contributed by atoms with Crippen molar-refractivity contribution < 1.29 is 8.78 Å². The molecule has 18 heavy (non-hydrogen) atoms. The van der Waals surface area contributed by atoms with Crippen LogP contribution in [-0.4, -0.2) is 9.97 Å².